The molecular weight excluding hydrogens is 857 g/mol. The van der Waals surface area contributed by atoms with Gasteiger partial charge in [0.15, 0.2) is 0 Å². The smallest absolute Gasteiger partial charge is 0.245 e. The van der Waals surface area contributed by atoms with Crippen molar-refractivity contribution in [3.63, 3.8) is 0 Å². The number of aliphatic hydroxyl groups excluding tert-OH is 2. The van der Waals surface area contributed by atoms with Crippen LogP contribution >= 0.6 is 23.5 Å². The lowest BCUT2D eigenvalue weighted by Crippen LogP contribution is -2.62. The standard InChI is InChI=1S/C42H60N8O11S2/c1-6-22(2)33-40(59)45-29(16-17-62-5)42(61)63-21-32(39(58)44-23(3)35(54)46-30(37(56)49-33)19-25-10-8-7-9-11-25)48-41(60)34(24(4)52)50-38(57)31(20-51)47-36(55)28(43)18-26-12-14-27(53)15-13-26/h7-15,22-24,28-34,51-53H,6,16-21,43H2,1-5H3,(H,44,58)(H,45,59)(H,46,54)(H,47,55)(H,48,60)(H,49,56)(H,50,57)/t22-,23-,24+,28-,29+,30+,31-,32-,33-,34-/m0/s1. The molecule has 1 saturated heterocycles. The molecule has 10 atom stereocenters. The Hall–Kier alpha value is -5.22. The highest BCUT2D eigenvalue weighted by Crippen LogP contribution is 2.17. The maximum Gasteiger partial charge on any atom is 0.245 e. The van der Waals surface area contributed by atoms with Gasteiger partial charge in [-0.2, -0.15) is 11.8 Å². The number of carbonyl (C=O) groups is 8. The maximum absolute atomic E-state index is 13.9. The first-order chi connectivity index (χ1) is 29.9. The van der Waals surface area contributed by atoms with E-state index in [0.717, 1.165) is 0 Å². The number of amides is 7. The molecule has 7 amide bonds. The summed E-state index contributed by atoms with van der Waals surface area (Å²) in [5.41, 5.74) is 7.31. The normalized spacial score (nSPS) is 22.7. The van der Waals surface area contributed by atoms with Crippen LogP contribution in [-0.4, -0.2) is 141 Å². The predicted octanol–water partition coefficient (Wildman–Crippen LogP) is -1.64. The van der Waals surface area contributed by atoms with Gasteiger partial charge in [-0.05, 0) is 67.9 Å². The first-order valence-electron chi connectivity index (χ1n) is 20.5. The monoisotopic (exact) mass is 916 g/mol. The van der Waals surface area contributed by atoms with Crippen LogP contribution in [0.3, 0.4) is 0 Å². The number of aromatic hydroxyl groups is 1. The van der Waals surface area contributed by atoms with E-state index in [1.165, 1.54) is 37.7 Å². The predicted molar refractivity (Wildman–Crippen MR) is 238 cm³/mol. The van der Waals surface area contributed by atoms with Gasteiger partial charge in [-0.15, -0.1) is 0 Å². The van der Waals surface area contributed by atoms with Gasteiger partial charge in [0.25, 0.3) is 0 Å². The summed E-state index contributed by atoms with van der Waals surface area (Å²) in [7, 11) is 0. The van der Waals surface area contributed by atoms with Gasteiger partial charge in [-0.3, -0.25) is 38.4 Å². The topological polar surface area (TPSA) is 307 Å². The molecule has 0 aliphatic carbocycles. The summed E-state index contributed by atoms with van der Waals surface area (Å²) in [6.07, 6.45) is 0.924. The van der Waals surface area contributed by atoms with E-state index in [0.29, 0.717) is 35.1 Å². The van der Waals surface area contributed by atoms with E-state index in [1.54, 1.807) is 49.4 Å². The van der Waals surface area contributed by atoms with Crippen molar-refractivity contribution in [3.8, 4) is 5.75 Å². The summed E-state index contributed by atoms with van der Waals surface area (Å²) >= 11 is 2.04. The van der Waals surface area contributed by atoms with Gasteiger partial charge in [0, 0.05) is 12.2 Å². The maximum atomic E-state index is 13.9. The molecule has 3 rings (SSSR count). The molecule has 0 saturated carbocycles. The molecule has 1 fully saturated rings. The largest absolute Gasteiger partial charge is 0.508 e. The second-order valence-corrected chi connectivity index (χ2v) is 17.3. The van der Waals surface area contributed by atoms with Gasteiger partial charge in [0.05, 0.1) is 24.8 Å². The third-order valence-corrected chi connectivity index (χ3v) is 12.0. The number of aliphatic hydroxyl groups is 2. The summed E-state index contributed by atoms with van der Waals surface area (Å²) < 4.78 is 0. The Morgan fingerprint density at radius 2 is 1.49 bits per heavy atom. The minimum atomic E-state index is -1.77. The van der Waals surface area contributed by atoms with Gasteiger partial charge in [-0.25, -0.2) is 0 Å². The number of nitrogens with one attached hydrogen (secondary N) is 7. The quantitative estimate of drug-likeness (QED) is 0.0850. The molecule has 21 heteroatoms. The molecule has 63 heavy (non-hydrogen) atoms. The van der Waals surface area contributed by atoms with Gasteiger partial charge >= 0.3 is 0 Å². The van der Waals surface area contributed by atoms with Crippen LogP contribution < -0.4 is 43.0 Å². The highest BCUT2D eigenvalue weighted by Gasteiger charge is 2.37. The molecule has 0 radical (unpaired) electrons. The Morgan fingerprint density at radius 1 is 0.841 bits per heavy atom. The number of hydrogen-bond acceptors (Lipinski definition) is 14. The number of rotatable bonds is 17. The third-order valence-electron chi connectivity index (χ3n) is 10.3. The molecule has 0 spiro atoms. The van der Waals surface area contributed by atoms with Crippen molar-refractivity contribution < 1.29 is 53.7 Å². The summed E-state index contributed by atoms with van der Waals surface area (Å²) in [6, 6.07) is 3.91. The van der Waals surface area contributed by atoms with Crippen LogP contribution in [0.2, 0.25) is 0 Å². The first kappa shape index (κ1) is 52.1. The molecule has 0 aromatic heterocycles. The van der Waals surface area contributed by atoms with Gasteiger partial charge in [-0.1, -0.05) is 74.5 Å². The number of nitrogens with two attached hydrogens (primary N) is 1. The Kier molecular flexibility index (Phi) is 21.3. The second kappa shape index (κ2) is 25.8. The van der Waals surface area contributed by atoms with Gasteiger partial charge in [0.2, 0.25) is 46.5 Å². The lowest BCUT2D eigenvalue weighted by Gasteiger charge is -2.30. The molecule has 12 N–H and O–H groups in total. The number of phenolic OH excluding ortho intramolecular Hbond substituents is 1. The van der Waals surface area contributed by atoms with Crippen molar-refractivity contribution in [2.75, 3.05) is 24.4 Å². The summed E-state index contributed by atoms with van der Waals surface area (Å²) in [5.74, 6) is -6.38. The van der Waals surface area contributed by atoms with Crippen LogP contribution in [0.25, 0.3) is 0 Å². The van der Waals surface area contributed by atoms with Crippen molar-refractivity contribution in [2.45, 2.75) is 108 Å². The SMILES string of the molecule is CC[C@H](C)[C@@H]1NC(=O)[C@@H](Cc2ccccc2)NC(=O)[C@H](C)NC(=O)[C@@H](NC(=O)[C@@H](NC(=O)[C@H](CO)NC(=O)[C@@H](N)Cc2ccc(O)cc2)[C@@H](C)O)CSC(=O)[C@@H](CCSC)NC1=O. The summed E-state index contributed by atoms with van der Waals surface area (Å²) in [5, 5.41) is 47.3. The molecule has 0 unspecified atom stereocenters. The molecule has 2 aromatic rings. The fourth-order valence-corrected chi connectivity index (χ4v) is 7.67. The van der Waals surface area contributed by atoms with E-state index < -0.39 is 113 Å². The summed E-state index contributed by atoms with van der Waals surface area (Å²) in [4.78, 5) is 109. The average molecular weight is 917 g/mol. The average Bonchev–Trinajstić information content (AvgIpc) is 3.25. The minimum absolute atomic E-state index is 0.00756. The van der Waals surface area contributed by atoms with Crippen molar-refractivity contribution in [3.05, 3.63) is 65.7 Å². The van der Waals surface area contributed by atoms with Crippen molar-refractivity contribution in [1.29, 1.82) is 0 Å². The highest BCUT2D eigenvalue weighted by molar-refractivity contribution is 8.13. The molecule has 346 valence electrons. The molecule has 19 nitrogen and oxygen atoms in total. The van der Waals surface area contributed by atoms with E-state index in [9.17, 15) is 53.7 Å². The third kappa shape index (κ3) is 16.4. The molecule has 0 bridgehead atoms. The highest BCUT2D eigenvalue weighted by atomic mass is 32.2. The zero-order valence-corrected chi connectivity index (χ0v) is 37.6. The van der Waals surface area contributed by atoms with Crippen LogP contribution in [-0.2, 0) is 51.2 Å². The Morgan fingerprint density at radius 3 is 2.10 bits per heavy atom. The van der Waals surface area contributed by atoms with E-state index in [-0.39, 0.29) is 30.9 Å². The fraction of sp³-hybridized carbons (Fsp3) is 0.524. The number of carbonyl (C=O) groups excluding carboxylic acids is 8. The van der Waals surface area contributed by atoms with E-state index in [2.05, 4.69) is 37.2 Å². The van der Waals surface area contributed by atoms with Gasteiger partial charge < -0.3 is 58.3 Å². The number of hydrogen-bond donors (Lipinski definition) is 11. The Balaban J connectivity index is 1.89. The fourth-order valence-electron chi connectivity index (χ4n) is 6.26. The van der Waals surface area contributed by atoms with Crippen LogP contribution in [0.15, 0.2) is 54.6 Å². The van der Waals surface area contributed by atoms with Crippen LogP contribution in [0.1, 0.15) is 51.7 Å². The van der Waals surface area contributed by atoms with E-state index in [4.69, 9.17) is 5.73 Å². The molecule has 2 aromatic carbocycles. The minimum Gasteiger partial charge on any atom is -0.508 e. The second-order valence-electron chi connectivity index (χ2n) is 15.3. The zero-order valence-electron chi connectivity index (χ0n) is 35.9. The van der Waals surface area contributed by atoms with E-state index >= 15 is 0 Å². The van der Waals surface area contributed by atoms with Gasteiger partial charge in [0.1, 0.15) is 42.0 Å². The lowest BCUT2D eigenvalue weighted by molar-refractivity contribution is -0.136. The lowest BCUT2D eigenvalue weighted by atomic mass is 9.96. The molecule has 1 aliphatic rings. The van der Waals surface area contributed by atoms with Crippen LogP contribution in [0.4, 0.5) is 0 Å². The molecular formula is C42H60N8O11S2. The Bertz CT molecular complexity index is 1890. The van der Waals surface area contributed by atoms with E-state index in [1.807, 2.05) is 13.2 Å². The van der Waals surface area contributed by atoms with Crippen molar-refractivity contribution in [1.82, 2.24) is 37.2 Å². The summed E-state index contributed by atoms with van der Waals surface area (Å²) in [6.45, 7) is 5.19. The molecule has 1 aliphatic heterocycles. The van der Waals surface area contributed by atoms with Crippen LogP contribution in [0, 0.1) is 5.92 Å². The number of benzene rings is 2. The number of thioether (sulfide) groups is 2. The van der Waals surface area contributed by atoms with Crippen molar-refractivity contribution >= 4 is 70.0 Å². The number of phenols is 1. The Labute approximate surface area is 375 Å². The zero-order chi connectivity index (χ0) is 46.8. The van der Waals surface area contributed by atoms with Crippen molar-refractivity contribution in [2.24, 2.45) is 11.7 Å². The first-order valence-corrected chi connectivity index (χ1v) is 22.9. The van der Waals surface area contributed by atoms with Crippen LogP contribution in [0.5, 0.6) is 5.75 Å². The molecule has 1 heterocycles.